The van der Waals surface area contributed by atoms with Crippen LogP contribution in [0.5, 0.6) is 0 Å². The molecule has 0 saturated heterocycles. The molecule has 0 aromatic heterocycles. The molecular formula is C15H23N. The van der Waals surface area contributed by atoms with Gasteiger partial charge in [0.15, 0.2) is 0 Å². The van der Waals surface area contributed by atoms with Crippen molar-refractivity contribution < 1.29 is 0 Å². The predicted molar refractivity (Wildman–Crippen MR) is 69.6 cm³/mol. The molecule has 1 aromatic rings. The molecule has 1 fully saturated rings. The van der Waals surface area contributed by atoms with E-state index in [0.717, 1.165) is 6.42 Å². The first kappa shape index (κ1) is 11.7. The maximum atomic E-state index is 6.39. The average molecular weight is 217 g/mol. The minimum Gasteiger partial charge on any atom is -0.325 e. The summed E-state index contributed by atoms with van der Waals surface area (Å²) < 4.78 is 0. The molecule has 16 heavy (non-hydrogen) atoms. The third kappa shape index (κ3) is 2.65. The van der Waals surface area contributed by atoms with Crippen molar-refractivity contribution in [3.8, 4) is 0 Å². The van der Waals surface area contributed by atoms with Crippen LogP contribution in [-0.4, -0.2) is 5.54 Å². The molecule has 0 aliphatic heterocycles. The molecule has 0 amide bonds. The van der Waals surface area contributed by atoms with Crippen molar-refractivity contribution in [2.75, 3.05) is 0 Å². The minimum absolute atomic E-state index is 0.0827. The van der Waals surface area contributed by atoms with E-state index in [0.29, 0.717) is 5.92 Å². The van der Waals surface area contributed by atoms with Gasteiger partial charge in [0.2, 0.25) is 0 Å². The molecule has 1 nitrogen and oxygen atoms in total. The third-order valence-electron chi connectivity index (χ3n) is 3.80. The van der Waals surface area contributed by atoms with Crippen molar-refractivity contribution in [1.29, 1.82) is 0 Å². The number of hydrogen-bond donors (Lipinski definition) is 1. The molecule has 0 atom stereocenters. The van der Waals surface area contributed by atoms with Crippen molar-refractivity contribution in [1.82, 2.24) is 0 Å². The van der Waals surface area contributed by atoms with E-state index in [-0.39, 0.29) is 5.54 Å². The van der Waals surface area contributed by atoms with E-state index < -0.39 is 0 Å². The quantitative estimate of drug-likeness (QED) is 0.822. The summed E-state index contributed by atoms with van der Waals surface area (Å²) >= 11 is 0. The van der Waals surface area contributed by atoms with Crippen molar-refractivity contribution in [3.63, 3.8) is 0 Å². The highest BCUT2D eigenvalue weighted by atomic mass is 14.7. The van der Waals surface area contributed by atoms with E-state index in [1.54, 1.807) is 0 Å². The van der Waals surface area contributed by atoms with Gasteiger partial charge in [-0.3, -0.25) is 0 Å². The molecule has 2 rings (SSSR count). The van der Waals surface area contributed by atoms with Gasteiger partial charge in [-0.15, -0.1) is 0 Å². The maximum Gasteiger partial charge on any atom is 0.0195 e. The Balaban J connectivity index is 2.05. The summed E-state index contributed by atoms with van der Waals surface area (Å²) in [7, 11) is 0. The topological polar surface area (TPSA) is 26.0 Å². The summed E-state index contributed by atoms with van der Waals surface area (Å²) in [5.74, 6) is 0.618. The number of nitrogens with two attached hydrogens (primary N) is 1. The lowest BCUT2D eigenvalue weighted by molar-refractivity contribution is 0.436. The molecule has 1 aliphatic rings. The number of rotatable bonds is 3. The predicted octanol–water partition coefficient (Wildman–Crippen LogP) is 3.62. The fraction of sp³-hybridized carbons (Fsp3) is 0.600. The Morgan fingerprint density at radius 2 is 1.69 bits per heavy atom. The molecule has 0 unspecified atom stereocenters. The Morgan fingerprint density at radius 3 is 2.19 bits per heavy atom. The molecule has 1 heteroatoms. The summed E-state index contributed by atoms with van der Waals surface area (Å²) in [5.41, 5.74) is 9.29. The van der Waals surface area contributed by atoms with Crippen LogP contribution in [0.2, 0.25) is 0 Å². The second-order valence-electron chi connectivity index (χ2n) is 5.64. The standard InChI is InChI=1S/C15H23N/c1-12(2)14-7-5-13(6-8-14)11-15(16)9-3-4-10-15/h5-8,12H,3-4,9-11,16H2,1-2H3. The van der Waals surface area contributed by atoms with Gasteiger partial charge in [0.25, 0.3) is 0 Å². The molecule has 1 aliphatic carbocycles. The molecule has 0 spiro atoms. The monoisotopic (exact) mass is 217 g/mol. The van der Waals surface area contributed by atoms with E-state index >= 15 is 0 Å². The minimum atomic E-state index is 0.0827. The molecule has 1 saturated carbocycles. The highest BCUT2D eigenvalue weighted by Crippen LogP contribution is 2.30. The van der Waals surface area contributed by atoms with Crippen LogP contribution in [-0.2, 0) is 6.42 Å². The Morgan fingerprint density at radius 1 is 1.12 bits per heavy atom. The van der Waals surface area contributed by atoms with Gasteiger partial charge in [0.05, 0.1) is 0 Å². The normalized spacial score (nSPS) is 19.2. The molecule has 88 valence electrons. The largest absolute Gasteiger partial charge is 0.325 e. The lowest BCUT2D eigenvalue weighted by Gasteiger charge is -2.23. The fourth-order valence-electron chi connectivity index (χ4n) is 2.68. The van der Waals surface area contributed by atoms with Gasteiger partial charge in [-0.2, -0.15) is 0 Å². The van der Waals surface area contributed by atoms with E-state index in [9.17, 15) is 0 Å². The second-order valence-corrected chi connectivity index (χ2v) is 5.64. The van der Waals surface area contributed by atoms with Crippen LogP contribution in [0.1, 0.15) is 56.6 Å². The summed E-state index contributed by atoms with van der Waals surface area (Å²) in [6, 6.07) is 9.00. The molecular weight excluding hydrogens is 194 g/mol. The van der Waals surface area contributed by atoms with E-state index in [1.165, 1.54) is 36.8 Å². The van der Waals surface area contributed by atoms with Crippen molar-refractivity contribution in [2.24, 2.45) is 5.73 Å². The first-order valence-corrected chi connectivity index (χ1v) is 6.47. The van der Waals surface area contributed by atoms with Gasteiger partial charge in [0, 0.05) is 5.54 Å². The highest BCUT2D eigenvalue weighted by Gasteiger charge is 2.29. The van der Waals surface area contributed by atoms with Crippen LogP contribution in [0.4, 0.5) is 0 Å². The SMILES string of the molecule is CC(C)c1ccc(CC2(N)CCCC2)cc1. The maximum absolute atomic E-state index is 6.39. The highest BCUT2D eigenvalue weighted by molar-refractivity contribution is 5.26. The Hall–Kier alpha value is -0.820. The summed E-state index contributed by atoms with van der Waals surface area (Å²) in [4.78, 5) is 0. The molecule has 0 bridgehead atoms. The van der Waals surface area contributed by atoms with Crippen molar-refractivity contribution >= 4 is 0 Å². The summed E-state index contributed by atoms with van der Waals surface area (Å²) in [6.07, 6.45) is 6.05. The molecule has 0 heterocycles. The smallest absolute Gasteiger partial charge is 0.0195 e. The van der Waals surface area contributed by atoms with E-state index in [2.05, 4.69) is 38.1 Å². The Bertz CT molecular complexity index is 331. The van der Waals surface area contributed by atoms with Gasteiger partial charge in [-0.05, 0) is 36.3 Å². The van der Waals surface area contributed by atoms with Gasteiger partial charge in [0.1, 0.15) is 0 Å². The van der Waals surface area contributed by atoms with Crippen molar-refractivity contribution in [2.45, 2.75) is 57.4 Å². The second kappa shape index (κ2) is 4.58. The third-order valence-corrected chi connectivity index (χ3v) is 3.80. The van der Waals surface area contributed by atoms with Crippen molar-refractivity contribution in [3.05, 3.63) is 35.4 Å². The van der Waals surface area contributed by atoms with Gasteiger partial charge in [-0.25, -0.2) is 0 Å². The molecule has 0 radical (unpaired) electrons. The van der Waals surface area contributed by atoms with Crippen LogP contribution >= 0.6 is 0 Å². The summed E-state index contributed by atoms with van der Waals surface area (Å²) in [5, 5.41) is 0. The van der Waals surface area contributed by atoms with Crippen LogP contribution in [0.3, 0.4) is 0 Å². The van der Waals surface area contributed by atoms with E-state index in [4.69, 9.17) is 5.73 Å². The molecule has 1 aromatic carbocycles. The zero-order chi connectivity index (χ0) is 11.6. The van der Waals surface area contributed by atoms with Gasteiger partial charge >= 0.3 is 0 Å². The zero-order valence-corrected chi connectivity index (χ0v) is 10.5. The van der Waals surface area contributed by atoms with Gasteiger partial charge < -0.3 is 5.73 Å². The van der Waals surface area contributed by atoms with Crippen LogP contribution in [0.25, 0.3) is 0 Å². The molecule has 2 N–H and O–H groups in total. The van der Waals surface area contributed by atoms with Crippen LogP contribution in [0, 0.1) is 0 Å². The number of benzene rings is 1. The first-order chi connectivity index (χ1) is 7.59. The lowest BCUT2D eigenvalue weighted by Crippen LogP contribution is -2.38. The average Bonchev–Trinajstić information content (AvgIpc) is 2.65. The summed E-state index contributed by atoms with van der Waals surface area (Å²) in [6.45, 7) is 4.47. The zero-order valence-electron chi connectivity index (χ0n) is 10.5. The Kier molecular flexibility index (Phi) is 3.34. The first-order valence-electron chi connectivity index (χ1n) is 6.47. The van der Waals surface area contributed by atoms with E-state index in [1.807, 2.05) is 0 Å². The van der Waals surface area contributed by atoms with Crippen LogP contribution < -0.4 is 5.73 Å². The van der Waals surface area contributed by atoms with Crippen LogP contribution in [0.15, 0.2) is 24.3 Å². The number of hydrogen-bond acceptors (Lipinski definition) is 1. The lowest BCUT2D eigenvalue weighted by atomic mass is 9.89. The Labute approximate surface area is 99.0 Å². The van der Waals surface area contributed by atoms with Gasteiger partial charge in [-0.1, -0.05) is 51.0 Å². The fourth-order valence-corrected chi connectivity index (χ4v) is 2.68.